The Hall–Kier alpha value is -6.51. The standard InChI is InChI=1S/C69H79N8O3PS3/c1-10-70(11-2)48-26-34-58-62(44-48)79-63-45-49(71(12-3)13-4)27-35-59(63)68(58)56-24-20-18-22-54(56)66(82)76(68)42-40-74-38-39-75(81(74,84)53-32-30-52(78-9)31-33-53)41-43-77-67(83)55-23-19-21-25-57(55)69(77)60-36-28-50(72(14-5)15-6)46-64(60)80-65-47-51(29-37-61(65)69)73(16-7)17-8/h18-37,44-47H,10-17,38-43H2,1-9H3. The molecule has 5 aliphatic heterocycles. The van der Waals surface area contributed by atoms with Gasteiger partial charge in [0, 0.05) is 177 Å². The van der Waals surface area contributed by atoms with E-state index >= 15 is 0 Å². The minimum absolute atomic E-state index is 0.623. The average Bonchev–Trinajstić information content (AvgIpc) is 1.47. The summed E-state index contributed by atoms with van der Waals surface area (Å²) in [6, 6.07) is 53.4. The number of fused-ring (bicyclic) bond motifs is 12. The van der Waals surface area contributed by atoms with E-state index in [1.165, 1.54) is 11.1 Å². The summed E-state index contributed by atoms with van der Waals surface area (Å²) in [5, 5.41) is 1.13. The molecule has 0 saturated carbocycles. The van der Waals surface area contributed by atoms with Gasteiger partial charge in [-0.05, 0) is 115 Å². The van der Waals surface area contributed by atoms with Gasteiger partial charge in [-0.25, -0.2) is 0 Å². The second-order valence-corrected chi connectivity index (χ2v) is 27.2. The van der Waals surface area contributed by atoms with Crippen LogP contribution >= 0.6 is 30.8 Å². The van der Waals surface area contributed by atoms with Crippen LogP contribution in [0, 0.1) is 0 Å². The fourth-order valence-corrected chi connectivity index (χ4v) is 19.7. The molecule has 84 heavy (non-hydrogen) atoms. The molecule has 0 atom stereocenters. The molecule has 0 N–H and O–H groups in total. The zero-order valence-corrected chi connectivity index (χ0v) is 53.6. The van der Waals surface area contributed by atoms with Gasteiger partial charge in [0.1, 0.15) is 56.1 Å². The molecule has 436 valence electrons. The van der Waals surface area contributed by atoms with Crippen molar-refractivity contribution in [3.05, 3.63) is 190 Å². The van der Waals surface area contributed by atoms with E-state index in [0.717, 1.165) is 166 Å². The van der Waals surface area contributed by atoms with Crippen molar-refractivity contribution in [2.75, 3.05) is 118 Å². The van der Waals surface area contributed by atoms with E-state index in [4.69, 9.17) is 50.5 Å². The summed E-state index contributed by atoms with van der Waals surface area (Å²) in [7, 11) is 1.73. The maximum atomic E-state index is 7.39. The van der Waals surface area contributed by atoms with Crippen molar-refractivity contribution in [2.45, 2.75) is 66.5 Å². The van der Waals surface area contributed by atoms with Gasteiger partial charge in [0.05, 0.1) is 7.11 Å². The molecule has 12 rings (SSSR count). The predicted molar refractivity (Wildman–Crippen MR) is 360 cm³/mol. The minimum Gasteiger partial charge on any atom is -0.497 e. The van der Waals surface area contributed by atoms with Crippen LogP contribution in [0.1, 0.15) is 99.9 Å². The van der Waals surface area contributed by atoms with Gasteiger partial charge in [0.15, 0.2) is 0 Å². The summed E-state index contributed by atoms with van der Waals surface area (Å²) in [5.74, 6) is 4.22. The maximum absolute atomic E-state index is 7.39. The first-order chi connectivity index (χ1) is 40.9. The number of ether oxygens (including phenoxy) is 3. The fraction of sp³-hybridized carbons (Fsp3) is 0.362. The van der Waals surface area contributed by atoms with Crippen molar-refractivity contribution in [1.82, 2.24) is 19.1 Å². The highest BCUT2D eigenvalue weighted by atomic mass is 32.4. The summed E-state index contributed by atoms with van der Waals surface area (Å²) in [6.07, 6.45) is -2.71. The van der Waals surface area contributed by atoms with Crippen molar-refractivity contribution >= 4 is 80.6 Å². The molecule has 0 radical (unpaired) electrons. The Kier molecular flexibility index (Phi) is 16.1. The lowest BCUT2D eigenvalue weighted by Crippen LogP contribution is -2.50. The molecule has 0 aliphatic carbocycles. The van der Waals surface area contributed by atoms with Crippen LogP contribution in [0.5, 0.6) is 28.7 Å². The van der Waals surface area contributed by atoms with Gasteiger partial charge >= 0.3 is 0 Å². The van der Waals surface area contributed by atoms with Crippen molar-refractivity contribution in [2.24, 2.45) is 0 Å². The number of nitrogens with zero attached hydrogens (tertiary/aromatic N) is 8. The van der Waals surface area contributed by atoms with E-state index in [-0.39, 0.29) is 0 Å². The Morgan fingerprint density at radius 2 is 0.750 bits per heavy atom. The quantitative estimate of drug-likeness (QED) is 0.0538. The average molecular weight is 1200 g/mol. The SMILES string of the molecule is CCN(CC)c1ccc2c(c1)Oc1cc(N(CC)CC)ccc1C21c2ccccc2C(=S)N1CCN1CCN(CCN2C(=S)c3ccccc3C23c2ccc(N(CC)CC)cc2Oc2cc(N(CC)CC)ccc23)P1(=S)c1ccc(OC)cc1. The highest BCUT2D eigenvalue weighted by molar-refractivity contribution is 8.16. The molecular weight excluding hydrogens is 1120 g/mol. The Labute approximate surface area is 514 Å². The van der Waals surface area contributed by atoms with Crippen LogP contribution in [0.2, 0.25) is 0 Å². The summed E-state index contributed by atoms with van der Waals surface area (Å²) >= 11 is 20.9. The predicted octanol–water partition coefficient (Wildman–Crippen LogP) is 13.8. The number of hydrogen-bond donors (Lipinski definition) is 0. The second-order valence-electron chi connectivity index (χ2n) is 22.2. The van der Waals surface area contributed by atoms with Crippen LogP contribution < -0.4 is 39.1 Å². The van der Waals surface area contributed by atoms with E-state index in [1.54, 1.807) is 7.11 Å². The third kappa shape index (κ3) is 8.94. The van der Waals surface area contributed by atoms with Gasteiger partial charge in [0.25, 0.3) is 0 Å². The number of thiocarbonyl (C=S) groups is 2. The molecule has 0 aromatic heterocycles. The van der Waals surface area contributed by atoms with Crippen molar-refractivity contribution in [3.63, 3.8) is 0 Å². The monoisotopic (exact) mass is 1190 g/mol. The zero-order valence-electron chi connectivity index (χ0n) is 50.2. The normalized spacial score (nSPS) is 16.6. The fourth-order valence-electron chi connectivity index (χ4n) is 14.5. The molecule has 0 amide bonds. The smallest absolute Gasteiger partial charge is 0.135 e. The van der Waals surface area contributed by atoms with Crippen LogP contribution in [0.25, 0.3) is 0 Å². The summed E-state index contributed by atoms with van der Waals surface area (Å²) < 4.78 is 25.4. The Morgan fingerprint density at radius 3 is 1.06 bits per heavy atom. The van der Waals surface area contributed by atoms with Crippen LogP contribution in [0.4, 0.5) is 22.7 Å². The van der Waals surface area contributed by atoms with Crippen molar-refractivity contribution < 1.29 is 14.2 Å². The van der Waals surface area contributed by atoms with Crippen molar-refractivity contribution in [3.8, 4) is 28.7 Å². The largest absolute Gasteiger partial charge is 0.497 e. The third-order valence-electron chi connectivity index (χ3n) is 18.7. The molecule has 15 heteroatoms. The number of rotatable bonds is 20. The molecule has 5 heterocycles. The van der Waals surface area contributed by atoms with Crippen LogP contribution in [-0.4, -0.2) is 128 Å². The molecule has 1 saturated heterocycles. The summed E-state index contributed by atoms with van der Waals surface area (Å²) in [5.41, 5.74) is 11.9. The lowest BCUT2D eigenvalue weighted by atomic mass is 9.74. The first-order valence-electron chi connectivity index (χ1n) is 30.4. The number of benzene rings is 7. The van der Waals surface area contributed by atoms with Gasteiger partial charge in [-0.1, -0.05) is 109 Å². The Balaban J connectivity index is 0.950. The topological polar surface area (TPSA) is 53.6 Å². The molecular formula is C69H79N8O3PS3. The molecule has 1 fully saturated rings. The van der Waals surface area contributed by atoms with Gasteiger partial charge in [-0.15, -0.1) is 0 Å². The lowest BCUT2D eigenvalue weighted by molar-refractivity contribution is 0.244. The van der Waals surface area contributed by atoms with E-state index in [1.807, 2.05) is 0 Å². The third-order valence-corrected chi connectivity index (χ3v) is 24.9. The van der Waals surface area contributed by atoms with E-state index < -0.39 is 17.4 Å². The minimum atomic E-state index is -2.71. The molecule has 0 bridgehead atoms. The first-order valence-corrected chi connectivity index (χ1v) is 34.0. The second kappa shape index (κ2) is 23.4. The van der Waals surface area contributed by atoms with Gasteiger partial charge in [-0.3, -0.25) is 9.34 Å². The van der Waals surface area contributed by atoms with E-state index in [0.29, 0.717) is 26.2 Å². The molecule has 11 nitrogen and oxygen atoms in total. The van der Waals surface area contributed by atoms with E-state index in [2.05, 4.69) is 240 Å². The summed E-state index contributed by atoms with van der Waals surface area (Å²) in [4.78, 5) is 16.2. The maximum Gasteiger partial charge on any atom is 0.135 e. The molecule has 0 unspecified atom stereocenters. The Bertz CT molecular complexity index is 3360. The molecule has 5 aliphatic rings. The molecule has 7 aromatic rings. The number of methoxy groups -OCH3 is 1. The van der Waals surface area contributed by atoms with Gasteiger partial charge in [-0.2, -0.15) is 0 Å². The van der Waals surface area contributed by atoms with Gasteiger partial charge in [0.2, 0.25) is 0 Å². The number of hydrogen-bond acceptors (Lipinski definition) is 10. The van der Waals surface area contributed by atoms with Crippen LogP contribution in [0.3, 0.4) is 0 Å². The van der Waals surface area contributed by atoms with Crippen molar-refractivity contribution in [1.29, 1.82) is 0 Å². The van der Waals surface area contributed by atoms with Crippen LogP contribution in [-0.2, 0) is 22.9 Å². The van der Waals surface area contributed by atoms with Crippen LogP contribution in [0.15, 0.2) is 146 Å². The first kappa shape index (κ1) is 57.9. The Morgan fingerprint density at radius 1 is 0.429 bits per heavy atom. The summed E-state index contributed by atoms with van der Waals surface area (Å²) in [6.45, 7) is 29.0. The highest BCUT2D eigenvalue weighted by Crippen LogP contribution is 2.62. The molecule has 7 aromatic carbocycles. The molecule has 2 spiro atoms. The lowest BCUT2D eigenvalue weighted by Gasteiger charge is -2.47. The number of anilines is 4. The van der Waals surface area contributed by atoms with Gasteiger partial charge < -0.3 is 43.6 Å². The highest BCUT2D eigenvalue weighted by Gasteiger charge is 2.57. The zero-order chi connectivity index (χ0) is 58.7. The van der Waals surface area contributed by atoms with E-state index in [9.17, 15) is 0 Å².